The molecule has 0 heterocycles. The van der Waals surface area contributed by atoms with Crippen molar-refractivity contribution in [3.8, 4) is 0 Å². The summed E-state index contributed by atoms with van der Waals surface area (Å²) in [6.07, 6.45) is 3.26. The van der Waals surface area contributed by atoms with Gasteiger partial charge in [0.25, 0.3) is 0 Å². The van der Waals surface area contributed by atoms with Gasteiger partial charge in [0.15, 0.2) is 5.96 Å². The number of rotatable bonds is 4. The molecule has 4 heteroatoms. The molecule has 0 aliphatic rings. The lowest BCUT2D eigenvalue weighted by molar-refractivity contribution is 0.372. The van der Waals surface area contributed by atoms with Gasteiger partial charge < -0.3 is 10.6 Å². The minimum atomic E-state index is -0.0996. The van der Waals surface area contributed by atoms with Crippen molar-refractivity contribution < 1.29 is 0 Å². The zero-order valence-electron chi connectivity index (χ0n) is 10.9. The van der Waals surface area contributed by atoms with Gasteiger partial charge in [-0.15, -0.1) is 0 Å². The van der Waals surface area contributed by atoms with Gasteiger partial charge in [-0.3, -0.25) is 0 Å². The van der Waals surface area contributed by atoms with Crippen molar-refractivity contribution in [1.29, 1.82) is 0 Å². The first kappa shape index (κ1) is 14.6. The van der Waals surface area contributed by atoms with Crippen molar-refractivity contribution in [3.05, 3.63) is 0 Å². The second-order valence-electron chi connectivity index (χ2n) is 4.88. The molecule has 0 fully saturated rings. The molecule has 0 aliphatic carbocycles. The number of thioether (sulfide) groups is 1. The summed E-state index contributed by atoms with van der Waals surface area (Å²) in [5, 5.41) is 0. The molecule has 0 saturated carbocycles. The highest BCUT2D eigenvalue weighted by Crippen LogP contribution is 2.09. The van der Waals surface area contributed by atoms with Crippen LogP contribution in [-0.2, 0) is 0 Å². The maximum absolute atomic E-state index is 5.95. The molecular formula is C11H25N3S. The average molecular weight is 231 g/mol. The standard InChI is InChI=1S/C11H25N3S/c1-9(7-8-15-6)14(5)10(12)13-11(2,3)4/h9H,7-8H2,1-6H3,(H2,12,13). The van der Waals surface area contributed by atoms with Crippen LogP contribution < -0.4 is 5.73 Å². The van der Waals surface area contributed by atoms with Gasteiger partial charge in [0.05, 0.1) is 5.54 Å². The number of nitrogens with zero attached hydrogens (tertiary/aromatic N) is 2. The normalized spacial score (nSPS) is 15.2. The number of aliphatic imine (C=N–C) groups is 1. The number of hydrogen-bond acceptors (Lipinski definition) is 2. The number of hydrogen-bond donors (Lipinski definition) is 1. The molecule has 0 aromatic rings. The van der Waals surface area contributed by atoms with Crippen LogP contribution in [0, 0.1) is 0 Å². The molecule has 0 rings (SSSR count). The van der Waals surface area contributed by atoms with Crippen molar-refractivity contribution in [3.63, 3.8) is 0 Å². The van der Waals surface area contributed by atoms with Crippen LogP contribution in [0.2, 0.25) is 0 Å². The van der Waals surface area contributed by atoms with E-state index in [4.69, 9.17) is 5.73 Å². The van der Waals surface area contributed by atoms with Gasteiger partial charge in [-0.2, -0.15) is 11.8 Å². The number of guanidine groups is 1. The second kappa shape index (κ2) is 6.26. The van der Waals surface area contributed by atoms with Gasteiger partial charge in [0, 0.05) is 13.1 Å². The Morgan fingerprint density at radius 3 is 2.40 bits per heavy atom. The van der Waals surface area contributed by atoms with Crippen molar-refractivity contribution in [2.75, 3.05) is 19.1 Å². The fourth-order valence-electron chi connectivity index (χ4n) is 1.13. The summed E-state index contributed by atoms with van der Waals surface area (Å²) in [6.45, 7) is 8.35. The van der Waals surface area contributed by atoms with Crippen molar-refractivity contribution >= 4 is 17.7 Å². The van der Waals surface area contributed by atoms with E-state index in [1.165, 1.54) is 0 Å². The molecule has 0 aliphatic heterocycles. The Bertz CT molecular complexity index is 208. The zero-order valence-corrected chi connectivity index (χ0v) is 11.7. The van der Waals surface area contributed by atoms with E-state index in [0.29, 0.717) is 12.0 Å². The van der Waals surface area contributed by atoms with E-state index in [9.17, 15) is 0 Å². The molecule has 90 valence electrons. The number of nitrogens with two attached hydrogens (primary N) is 1. The van der Waals surface area contributed by atoms with E-state index >= 15 is 0 Å². The molecule has 2 N–H and O–H groups in total. The van der Waals surface area contributed by atoms with Gasteiger partial charge in [0.1, 0.15) is 0 Å². The maximum atomic E-state index is 5.95. The third-order valence-electron chi connectivity index (χ3n) is 2.21. The fraction of sp³-hybridized carbons (Fsp3) is 0.909. The van der Waals surface area contributed by atoms with Crippen LogP contribution >= 0.6 is 11.8 Å². The van der Waals surface area contributed by atoms with Crippen LogP contribution in [-0.4, -0.2) is 41.5 Å². The molecule has 0 aromatic carbocycles. The minimum Gasteiger partial charge on any atom is -0.370 e. The average Bonchev–Trinajstić information content (AvgIpc) is 2.10. The zero-order chi connectivity index (χ0) is 12.1. The van der Waals surface area contributed by atoms with Crippen LogP contribution in [0.15, 0.2) is 4.99 Å². The van der Waals surface area contributed by atoms with Crippen LogP contribution in [0.5, 0.6) is 0 Å². The maximum Gasteiger partial charge on any atom is 0.191 e. The van der Waals surface area contributed by atoms with Crippen molar-refractivity contribution in [1.82, 2.24) is 4.90 Å². The first-order valence-electron chi connectivity index (χ1n) is 5.35. The van der Waals surface area contributed by atoms with Crippen LogP contribution in [0.1, 0.15) is 34.1 Å². The monoisotopic (exact) mass is 231 g/mol. The summed E-state index contributed by atoms with van der Waals surface area (Å²) in [5.41, 5.74) is 5.85. The van der Waals surface area contributed by atoms with Gasteiger partial charge in [-0.05, 0) is 46.1 Å². The molecular weight excluding hydrogens is 206 g/mol. The summed E-state index contributed by atoms with van der Waals surface area (Å²) in [4.78, 5) is 6.51. The second-order valence-corrected chi connectivity index (χ2v) is 5.87. The summed E-state index contributed by atoms with van der Waals surface area (Å²) in [7, 11) is 2.01. The summed E-state index contributed by atoms with van der Waals surface area (Å²) < 4.78 is 0. The van der Waals surface area contributed by atoms with E-state index in [0.717, 1.165) is 12.2 Å². The first-order chi connectivity index (χ1) is 6.78. The Kier molecular flexibility index (Phi) is 6.10. The summed E-state index contributed by atoms with van der Waals surface area (Å²) in [6, 6.07) is 0.448. The van der Waals surface area contributed by atoms with E-state index in [2.05, 4.69) is 43.8 Å². The van der Waals surface area contributed by atoms with Crippen LogP contribution in [0.25, 0.3) is 0 Å². The van der Waals surface area contributed by atoms with Gasteiger partial charge in [-0.25, -0.2) is 4.99 Å². The summed E-state index contributed by atoms with van der Waals surface area (Å²) >= 11 is 1.86. The molecule has 1 atom stereocenters. The third kappa shape index (κ3) is 6.66. The summed E-state index contributed by atoms with van der Waals surface area (Å²) in [5.74, 6) is 1.80. The Labute approximate surface area is 98.5 Å². The van der Waals surface area contributed by atoms with Gasteiger partial charge in [-0.1, -0.05) is 0 Å². The predicted molar refractivity (Wildman–Crippen MR) is 71.6 cm³/mol. The van der Waals surface area contributed by atoms with E-state index in [1.54, 1.807) is 0 Å². The molecule has 0 radical (unpaired) electrons. The molecule has 0 aromatic heterocycles. The van der Waals surface area contributed by atoms with E-state index in [-0.39, 0.29) is 5.54 Å². The van der Waals surface area contributed by atoms with Crippen molar-refractivity contribution in [2.45, 2.75) is 45.7 Å². The lowest BCUT2D eigenvalue weighted by Crippen LogP contribution is -2.42. The Hall–Kier alpha value is -0.380. The smallest absolute Gasteiger partial charge is 0.191 e. The van der Waals surface area contributed by atoms with Crippen LogP contribution in [0.4, 0.5) is 0 Å². The molecule has 0 saturated heterocycles. The molecule has 0 spiro atoms. The fourth-order valence-corrected chi connectivity index (χ4v) is 1.71. The minimum absolute atomic E-state index is 0.0996. The predicted octanol–water partition coefficient (Wildman–Crippen LogP) is 2.17. The SMILES string of the molecule is CSCCC(C)N(C)C(N)=NC(C)(C)C. The van der Waals surface area contributed by atoms with Crippen LogP contribution in [0.3, 0.4) is 0 Å². The largest absolute Gasteiger partial charge is 0.370 e. The highest BCUT2D eigenvalue weighted by atomic mass is 32.2. The molecule has 15 heavy (non-hydrogen) atoms. The van der Waals surface area contributed by atoms with E-state index in [1.807, 2.05) is 18.8 Å². The van der Waals surface area contributed by atoms with Crippen molar-refractivity contribution in [2.24, 2.45) is 10.7 Å². The third-order valence-corrected chi connectivity index (χ3v) is 2.86. The van der Waals surface area contributed by atoms with E-state index < -0.39 is 0 Å². The Morgan fingerprint density at radius 1 is 1.47 bits per heavy atom. The molecule has 0 bridgehead atoms. The Morgan fingerprint density at radius 2 is 2.00 bits per heavy atom. The highest BCUT2D eigenvalue weighted by Gasteiger charge is 2.14. The lowest BCUT2D eigenvalue weighted by atomic mass is 10.1. The first-order valence-corrected chi connectivity index (χ1v) is 6.74. The molecule has 0 amide bonds. The topological polar surface area (TPSA) is 41.6 Å². The quantitative estimate of drug-likeness (QED) is 0.595. The lowest BCUT2D eigenvalue weighted by Gasteiger charge is -2.27. The molecule has 3 nitrogen and oxygen atoms in total. The molecule has 1 unspecified atom stereocenters. The highest BCUT2D eigenvalue weighted by molar-refractivity contribution is 7.98. The van der Waals surface area contributed by atoms with Gasteiger partial charge >= 0.3 is 0 Å². The van der Waals surface area contributed by atoms with Gasteiger partial charge in [0.2, 0.25) is 0 Å². The Balaban J connectivity index is 4.30.